The molecule has 1 aromatic rings. The topological polar surface area (TPSA) is 45.8 Å². The largest absolute Gasteiger partial charge is 0.309 e. The zero-order valence-corrected chi connectivity index (χ0v) is 10.8. The minimum absolute atomic E-state index is 0.0585. The van der Waals surface area contributed by atoms with Crippen molar-refractivity contribution < 1.29 is 0 Å². The first-order valence-electron chi connectivity index (χ1n) is 5.24. The summed E-state index contributed by atoms with van der Waals surface area (Å²) < 4.78 is 0.575. The van der Waals surface area contributed by atoms with Gasteiger partial charge in [-0.15, -0.1) is 0 Å². The zero-order valence-electron chi connectivity index (χ0n) is 9.22. The van der Waals surface area contributed by atoms with Crippen molar-refractivity contribution in [1.29, 1.82) is 0 Å². The molecule has 0 atom stereocenters. The molecule has 4 heteroatoms. The van der Waals surface area contributed by atoms with Crippen LogP contribution in [0.25, 0.3) is 0 Å². The summed E-state index contributed by atoms with van der Waals surface area (Å²) in [7, 11) is 0. The Morgan fingerprint density at radius 3 is 2.53 bits per heavy atom. The lowest BCUT2D eigenvalue weighted by Crippen LogP contribution is -2.20. The van der Waals surface area contributed by atoms with E-state index >= 15 is 0 Å². The molecule has 0 aliphatic heterocycles. The minimum Gasteiger partial charge on any atom is -0.309 e. The van der Waals surface area contributed by atoms with Gasteiger partial charge in [0.1, 0.15) is 10.3 Å². The normalized spacial score (nSPS) is 18.2. The van der Waals surface area contributed by atoms with E-state index < -0.39 is 0 Å². The van der Waals surface area contributed by atoms with E-state index in [4.69, 9.17) is 0 Å². The van der Waals surface area contributed by atoms with Crippen molar-refractivity contribution in [3.63, 3.8) is 0 Å². The Morgan fingerprint density at radius 2 is 2.07 bits per heavy atom. The van der Waals surface area contributed by atoms with Crippen molar-refractivity contribution in [3.05, 3.63) is 26.3 Å². The molecular formula is C11H15BrN2O. The molecule has 0 radical (unpaired) electrons. The van der Waals surface area contributed by atoms with E-state index in [0.29, 0.717) is 4.47 Å². The molecule has 1 N–H and O–H groups in total. The summed E-state index contributed by atoms with van der Waals surface area (Å²) in [5.41, 5.74) is 0.919. The molecule has 0 aromatic carbocycles. The lowest BCUT2D eigenvalue weighted by molar-refractivity contribution is 0.673. The maximum absolute atomic E-state index is 11.7. The molecule has 0 amide bonds. The number of hydrogen-bond donors (Lipinski definition) is 1. The second-order valence-electron chi connectivity index (χ2n) is 4.83. The summed E-state index contributed by atoms with van der Waals surface area (Å²) in [5, 5.41) is 0. The third-order valence-electron chi connectivity index (χ3n) is 3.01. The number of aromatic amines is 1. The Morgan fingerprint density at radius 1 is 1.47 bits per heavy atom. The fraction of sp³-hybridized carbons (Fsp3) is 0.636. The first-order chi connectivity index (χ1) is 6.94. The van der Waals surface area contributed by atoms with Gasteiger partial charge in [-0.1, -0.05) is 20.8 Å². The molecule has 1 aromatic heterocycles. The predicted molar refractivity (Wildman–Crippen MR) is 63.2 cm³/mol. The van der Waals surface area contributed by atoms with Crippen molar-refractivity contribution >= 4 is 15.9 Å². The van der Waals surface area contributed by atoms with Gasteiger partial charge in [0.15, 0.2) is 0 Å². The molecule has 1 aliphatic rings. The number of hydrogen-bond acceptors (Lipinski definition) is 2. The van der Waals surface area contributed by atoms with Crippen LogP contribution in [-0.4, -0.2) is 9.97 Å². The predicted octanol–water partition coefficient (Wildman–Crippen LogP) is 2.71. The molecule has 1 aliphatic carbocycles. The molecule has 3 nitrogen and oxygen atoms in total. The van der Waals surface area contributed by atoms with Crippen molar-refractivity contribution in [3.8, 4) is 0 Å². The fourth-order valence-electron chi connectivity index (χ4n) is 1.57. The van der Waals surface area contributed by atoms with Gasteiger partial charge in [0.25, 0.3) is 5.56 Å². The Hall–Kier alpha value is -0.640. The van der Waals surface area contributed by atoms with Crippen LogP contribution in [-0.2, 0) is 5.41 Å². The molecule has 1 fully saturated rings. The highest BCUT2D eigenvalue weighted by Crippen LogP contribution is 2.45. The van der Waals surface area contributed by atoms with Crippen molar-refractivity contribution in [1.82, 2.24) is 9.97 Å². The SMILES string of the molecule is CC(C)c1nc(C2(C)CC2)[nH]c(=O)c1Br. The van der Waals surface area contributed by atoms with Crippen molar-refractivity contribution in [2.24, 2.45) is 0 Å². The first-order valence-corrected chi connectivity index (χ1v) is 6.03. The van der Waals surface area contributed by atoms with Crippen LogP contribution in [0, 0.1) is 0 Å². The van der Waals surface area contributed by atoms with Crippen LogP contribution in [0.15, 0.2) is 9.27 Å². The summed E-state index contributed by atoms with van der Waals surface area (Å²) in [6.45, 7) is 6.24. The highest BCUT2D eigenvalue weighted by molar-refractivity contribution is 9.10. The summed E-state index contributed by atoms with van der Waals surface area (Å²) in [6, 6.07) is 0. The van der Waals surface area contributed by atoms with Crippen molar-refractivity contribution in [2.45, 2.75) is 44.9 Å². The van der Waals surface area contributed by atoms with E-state index in [-0.39, 0.29) is 16.9 Å². The third kappa shape index (κ3) is 1.87. The number of halogens is 1. The second kappa shape index (κ2) is 3.44. The average Bonchev–Trinajstić information content (AvgIpc) is 2.89. The Kier molecular flexibility index (Phi) is 2.49. The number of rotatable bonds is 2. The van der Waals surface area contributed by atoms with E-state index in [1.165, 1.54) is 0 Å². The second-order valence-corrected chi connectivity index (χ2v) is 5.62. The van der Waals surface area contributed by atoms with E-state index in [1.807, 2.05) is 13.8 Å². The minimum atomic E-state index is -0.0585. The molecule has 15 heavy (non-hydrogen) atoms. The molecule has 1 saturated carbocycles. The zero-order chi connectivity index (χ0) is 11.2. The van der Waals surface area contributed by atoms with Crippen LogP contribution in [0.3, 0.4) is 0 Å². The third-order valence-corrected chi connectivity index (χ3v) is 3.77. The Labute approximate surface area is 97.4 Å². The van der Waals surface area contributed by atoms with Crippen LogP contribution in [0.5, 0.6) is 0 Å². The molecule has 1 heterocycles. The monoisotopic (exact) mass is 270 g/mol. The molecule has 0 unspecified atom stereocenters. The summed E-state index contributed by atoms with van der Waals surface area (Å²) in [5.74, 6) is 1.11. The highest BCUT2D eigenvalue weighted by atomic mass is 79.9. The summed E-state index contributed by atoms with van der Waals surface area (Å²) >= 11 is 3.30. The van der Waals surface area contributed by atoms with Crippen LogP contribution < -0.4 is 5.56 Å². The van der Waals surface area contributed by atoms with Crippen molar-refractivity contribution in [2.75, 3.05) is 0 Å². The molecule has 2 rings (SSSR count). The lowest BCUT2D eigenvalue weighted by atomic mass is 10.1. The number of nitrogens with one attached hydrogen (secondary N) is 1. The summed E-state index contributed by atoms with van der Waals surface area (Å²) in [6.07, 6.45) is 2.24. The average molecular weight is 271 g/mol. The molecule has 82 valence electrons. The Balaban J connectivity index is 2.56. The Bertz CT molecular complexity index is 446. The number of nitrogens with zero attached hydrogens (tertiary/aromatic N) is 1. The number of aromatic nitrogens is 2. The van der Waals surface area contributed by atoms with E-state index in [1.54, 1.807) is 0 Å². The van der Waals surface area contributed by atoms with Crippen LogP contribution in [0.4, 0.5) is 0 Å². The van der Waals surface area contributed by atoms with Gasteiger partial charge in [0.05, 0.1) is 5.69 Å². The van der Waals surface area contributed by atoms with Crippen LogP contribution >= 0.6 is 15.9 Å². The fourth-order valence-corrected chi connectivity index (χ4v) is 2.21. The molecular weight excluding hydrogens is 256 g/mol. The maximum atomic E-state index is 11.7. The molecule has 0 spiro atoms. The molecule has 0 bridgehead atoms. The lowest BCUT2D eigenvalue weighted by Gasteiger charge is -2.12. The van der Waals surface area contributed by atoms with Gasteiger partial charge < -0.3 is 4.98 Å². The van der Waals surface area contributed by atoms with Gasteiger partial charge in [-0.3, -0.25) is 4.79 Å². The smallest absolute Gasteiger partial charge is 0.265 e. The standard InChI is InChI=1S/C11H15BrN2O/c1-6(2)8-7(12)9(15)14-10(13-8)11(3)4-5-11/h6H,4-5H2,1-3H3,(H,13,14,15). The first kappa shape index (κ1) is 10.9. The van der Waals surface area contributed by atoms with E-state index in [0.717, 1.165) is 24.4 Å². The van der Waals surface area contributed by atoms with Gasteiger partial charge in [0.2, 0.25) is 0 Å². The molecule has 0 saturated heterocycles. The van der Waals surface area contributed by atoms with Gasteiger partial charge >= 0.3 is 0 Å². The van der Waals surface area contributed by atoms with Crippen LogP contribution in [0.1, 0.15) is 51.0 Å². The number of H-pyrrole nitrogens is 1. The van der Waals surface area contributed by atoms with Crippen LogP contribution in [0.2, 0.25) is 0 Å². The maximum Gasteiger partial charge on any atom is 0.265 e. The highest BCUT2D eigenvalue weighted by Gasteiger charge is 2.42. The quantitative estimate of drug-likeness (QED) is 0.898. The van der Waals surface area contributed by atoms with E-state index in [2.05, 4.69) is 32.8 Å². The van der Waals surface area contributed by atoms with E-state index in [9.17, 15) is 4.79 Å². The van der Waals surface area contributed by atoms with Gasteiger partial charge in [0, 0.05) is 5.41 Å². The summed E-state index contributed by atoms with van der Waals surface area (Å²) in [4.78, 5) is 19.1. The van der Waals surface area contributed by atoms with Gasteiger partial charge in [-0.2, -0.15) is 0 Å². The van der Waals surface area contributed by atoms with Gasteiger partial charge in [-0.05, 0) is 34.7 Å². The van der Waals surface area contributed by atoms with Gasteiger partial charge in [-0.25, -0.2) is 4.98 Å².